The van der Waals surface area contributed by atoms with Crippen molar-refractivity contribution in [3.05, 3.63) is 0 Å². The average Bonchev–Trinajstić information content (AvgIpc) is 3.09. The average molecular weight is 698 g/mol. The first-order valence-corrected chi connectivity index (χ1v) is 23.6. The van der Waals surface area contributed by atoms with Crippen molar-refractivity contribution in [1.82, 2.24) is 0 Å². The molecule has 0 atom stereocenters. The van der Waals surface area contributed by atoms with Gasteiger partial charge < -0.3 is 0 Å². The predicted octanol–water partition coefficient (Wildman–Crippen LogP) is 17.3. The van der Waals surface area contributed by atoms with Gasteiger partial charge in [-0.3, -0.25) is 0 Å². The Hall–Kier alpha value is 0.0200. The molecule has 0 bridgehead atoms. The first kappa shape index (κ1) is 48.0. The second-order valence-corrected chi connectivity index (χ2v) is 16.3. The van der Waals surface area contributed by atoms with Crippen molar-refractivity contribution in [3.8, 4) is 0 Å². The summed E-state index contributed by atoms with van der Waals surface area (Å²) in [5, 5.41) is 0. The van der Waals surface area contributed by atoms with Gasteiger partial charge in [0.1, 0.15) is 13.2 Å². The Balaban J connectivity index is 3.14. The molecule has 4 heteroatoms. The van der Waals surface area contributed by atoms with Gasteiger partial charge in [0.2, 0.25) is 0 Å². The zero-order valence-electron chi connectivity index (χ0n) is 33.4. The minimum absolute atomic E-state index is 0.577. The normalized spacial score (nSPS) is 11.5. The SMILES string of the molecule is CCCCCCCCCCCCCCCCCCCCCCO[P+](=O)OCCCCCCCCCCCCCCCCCCCCCC. The van der Waals surface area contributed by atoms with Crippen molar-refractivity contribution in [3.63, 3.8) is 0 Å². The van der Waals surface area contributed by atoms with Crippen LogP contribution in [0.3, 0.4) is 0 Å². The van der Waals surface area contributed by atoms with Crippen molar-refractivity contribution < 1.29 is 13.6 Å². The first-order chi connectivity index (χ1) is 23.8. The molecule has 0 N–H and O–H groups in total. The van der Waals surface area contributed by atoms with E-state index in [0.29, 0.717) is 13.2 Å². The van der Waals surface area contributed by atoms with Gasteiger partial charge in [-0.1, -0.05) is 258 Å². The lowest BCUT2D eigenvalue weighted by Crippen LogP contribution is -1.92. The molecule has 0 aliphatic rings. The topological polar surface area (TPSA) is 35.5 Å². The van der Waals surface area contributed by atoms with E-state index in [2.05, 4.69) is 13.8 Å². The van der Waals surface area contributed by atoms with Crippen molar-refractivity contribution in [2.75, 3.05) is 13.2 Å². The van der Waals surface area contributed by atoms with Gasteiger partial charge in [-0.15, -0.1) is 9.05 Å². The molecule has 0 unspecified atom stereocenters. The van der Waals surface area contributed by atoms with Crippen LogP contribution >= 0.6 is 8.25 Å². The van der Waals surface area contributed by atoms with Crippen molar-refractivity contribution in [2.45, 2.75) is 271 Å². The maximum absolute atomic E-state index is 11.9. The van der Waals surface area contributed by atoms with Crippen LogP contribution in [0.15, 0.2) is 0 Å². The second-order valence-electron chi connectivity index (χ2n) is 15.3. The maximum Gasteiger partial charge on any atom is 0.697 e. The molecular weight excluding hydrogens is 607 g/mol. The van der Waals surface area contributed by atoms with Gasteiger partial charge in [0.25, 0.3) is 0 Å². The van der Waals surface area contributed by atoms with Crippen molar-refractivity contribution in [1.29, 1.82) is 0 Å². The lowest BCUT2D eigenvalue weighted by molar-refractivity contribution is 0.218. The lowest BCUT2D eigenvalue weighted by Gasteiger charge is -2.04. The highest BCUT2D eigenvalue weighted by Gasteiger charge is 2.19. The van der Waals surface area contributed by atoms with Gasteiger partial charge in [-0.2, -0.15) is 0 Å². The standard InChI is InChI=1S/C44H90O3P/c1-3-5-7-9-11-13-15-17-19-21-23-25-27-29-31-33-35-37-39-41-43-46-48(45)47-44-42-40-38-36-34-32-30-28-26-24-22-20-18-16-14-12-10-8-6-4-2/h3-44H2,1-2H3/q+1. The van der Waals surface area contributed by atoms with E-state index in [1.807, 2.05) is 0 Å². The molecule has 0 radical (unpaired) electrons. The summed E-state index contributed by atoms with van der Waals surface area (Å²) in [6, 6.07) is 0. The summed E-state index contributed by atoms with van der Waals surface area (Å²) in [4.78, 5) is 0. The molecule has 0 aliphatic carbocycles. The van der Waals surface area contributed by atoms with E-state index >= 15 is 0 Å². The Kier molecular flexibility index (Phi) is 45.1. The molecule has 48 heavy (non-hydrogen) atoms. The Bertz CT molecular complexity index is 535. The van der Waals surface area contributed by atoms with Gasteiger partial charge in [-0.05, 0) is 12.8 Å². The van der Waals surface area contributed by atoms with E-state index in [4.69, 9.17) is 9.05 Å². The van der Waals surface area contributed by atoms with E-state index in [1.165, 1.54) is 244 Å². The Labute approximate surface area is 305 Å². The van der Waals surface area contributed by atoms with Gasteiger partial charge in [0, 0.05) is 4.57 Å². The zero-order chi connectivity index (χ0) is 34.7. The summed E-state index contributed by atoms with van der Waals surface area (Å²) in [6.45, 7) is 5.75. The summed E-state index contributed by atoms with van der Waals surface area (Å²) >= 11 is 0. The molecule has 0 spiro atoms. The van der Waals surface area contributed by atoms with Gasteiger partial charge in [0.15, 0.2) is 0 Å². The van der Waals surface area contributed by atoms with Gasteiger partial charge in [0.05, 0.1) is 0 Å². The molecule has 0 rings (SSSR count). The predicted molar refractivity (Wildman–Crippen MR) is 216 cm³/mol. The first-order valence-electron chi connectivity index (χ1n) is 22.5. The molecule has 0 aromatic rings. The Morgan fingerprint density at radius 2 is 0.396 bits per heavy atom. The van der Waals surface area contributed by atoms with Crippen LogP contribution < -0.4 is 0 Å². The second kappa shape index (κ2) is 45.0. The van der Waals surface area contributed by atoms with Crippen molar-refractivity contribution >= 4 is 8.25 Å². The number of hydrogen-bond acceptors (Lipinski definition) is 3. The quantitative estimate of drug-likeness (QED) is 0.0470. The van der Waals surface area contributed by atoms with Crippen LogP contribution in [0.2, 0.25) is 0 Å². The summed E-state index contributed by atoms with van der Waals surface area (Å²) in [5.41, 5.74) is 0. The smallest absolute Gasteiger partial charge is 0.119 e. The molecule has 0 fully saturated rings. The fourth-order valence-electron chi connectivity index (χ4n) is 7.03. The van der Waals surface area contributed by atoms with Crippen molar-refractivity contribution in [2.24, 2.45) is 0 Å². The molecule has 288 valence electrons. The summed E-state index contributed by atoms with van der Waals surface area (Å²) in [7, 11) is -1.92. The van der Waals surface area contributed by atoms with Gasteiger partial charge >= 0.3 is 8.25 Å². The fourth-order valence-corrected chi connectivity index (χ4v) is 7.66. The molecule has 0 aliphatic heterocycles. The number of hydrogen-bond donors (Lipinski definition) is 0. The van der Waals surface area contributed by atoms with E-state index in [1.54, 1.807) is 0 Å². The van der Waals surface area contributed by atoms with E-state index in [9.17, 15) is 4.57 Å². The lowest BCUT2D eigenvalue weighted by atomic mass is 10.0. The molecule has 0 amide bonds. The molecule has 0 aromatic heterocycles. The van der Waals surface area contributed by atoms with E-state index in [0.717, 1.165) is 12.8 Å². The third kappa shape index (κ3) is 44.0. The largest absolute Gasteiger partial charge is 0.697 e. The Morgan fingerprint density at radius 1 is 0.250 bits per heavy atom. The number of unbranched alkanes of at least 4 members (excludes halogenated alkanes) is 38. The highest BCUT2D eigenvalue weighted by molar-refractivity contribution is 7.33. The fraction of sp³-hybridized carbons (Fsp3) is 1.00. The Morgan fingerprint density at radius 3 is 0.562 bits per heavy atom. The molecule has 0 aromatic carbocycles. The molecular formula is C44H90O3P+. The highest BCUT2D eigenvalue weighted by Crippen LogP contribution is 2.25. The van der Waals surface area contributed by atoms with Crippen LogP contribution in [0.1, 0.15) is 271 Å². The summed E-state index contributed by atoms with van der Waals surface area (Å²) in [6.07, 6.45) is 55.5. The third-order valence-electron chi connectivity index (χ3n) is 10.4. The minimum Gasteiger partial charge on any atom is -0.119 e. The molecule has 0 heterocycles. The van der Waals surface area contributed by atoms with E-state index < -0.39 is 8.25 Å². The van der Waals surface area contributed by atoms with E-state index in [-0.39, 0.29) is 0 Å². The zero-order valence-corrected chi connectivity index (χ0v) is 34.3. The van der Waals surface area contributed by atoms with Crippen LogP contribution in [0, 0.1) is 0 Å². The van der Waals surface area contributed by atoms with Crippen LogP contribution in [0.25, 0.3) is 0 Å². The highest BCUT2D eigenvalue weighted by atomic mass is 31.1. The number of rotatable bonds is 44. The summed E-state index contributed by atoms with van der Waals surface area (Å²) < 4.78 is 22.8. The monoisotopic (exact) mass is 698 g/mol. The summed E-state index contributed by atoms with van der Waals surface area (Å²) in [5.74, 6) is 0. The maximum atomic E-state index is 11.9. The molecule has 0 saturated heterocycles. The van der Waals surface area contributed by atoms with Crippen LogP contribution in [-0.4, -0.2) is 13.2 Å². The third-order valence-corrected chi connectivity index (χ3v) is 11.2. The van der Waals surface area contributed by atoms with Crippen LogP contribution in [0.4, 0.5) is 0 Å². The van der Waals surface area contributed by atoms with Crippen LogP contribution in [0.5, 0.6) is 0 Å². The van der Waals surface area contributed by atoms with Crippen LogP contribution in [-0.2, 0) is 13.6 Å². The van der Waals surface area contributed by atoms with Gasteiger partial charge in [-0.25, -0.2) is 0 Å². The molecule has 3 nitrogen and oxygen atoms in total. The molecule has 0 saturated carbocycles. The minimum atomic E-state index is -1.92.